The van der Waals surface area contributed by atoms with Crippen LogP contribution in [0.5, 0.6) is 0 Å². The van der Waals surface area contributed by atoms with Crippen LogP contribution < -0.4 is 16.2 Å². The van der Waals surface area contributed by atoms with Gasteiger partial charge in [0.05, 0.1) is 12.2 Å². The molecule has 3 aromatic rings. The van der Waals surface area contributed by atoms with Crippen LogP contribution in [0.3, 0.4) is 0 Å². The van der Waals surface area contributed by atoms with Gasteiger partial charge < -0.3 is 15.2 Å². The van der Waals surface area contributed by atoms with Crippen molar-refractivity contribution in [2.24, 2.45) is 0 Å². The van der Waals surface area contributed by atoms with Gasteiger partial charge in [-0.05, 0) is 29.7 Å². The second-order valence-corrected chi connectivity index (χ2v) is 5.79. The van der Waals surface area contributed by atoms with E-state index in [1.807, 2.05) is 0 Å². The molecule has 0 aliphatic carbocycles. The molecule has 0 saturated heterocycles. The van der Waals surface area contributed by atoms with Gasteiger partial charge in [-0.2, -0.15) is 0 Å². The van der Waals surface area contributed by atoms with Crippen molar-refractivity contribution in [2.45, 2.75) is 6.54 Å². The summed E-state index contributed by atoms with van der Waals surface area (Å²) in [5.74, 6) is -2.92. The van der Waals surface area contributed by atoms with Gasteiger partial charge in [-0.25, -0.2) is 8.78 Å². The van der Waals surface area contributed by atoms with Gasteiger partial charge in [-0.1, -0.05) is 18.2 Å². The number of hydrogen-bond acceptors (Lipinski definition) is 3. The molecule has 0 spiro atoms. The summed E-state index contributed by atoms with van der Waals surface area (Å²) in [4.78, 5) is 36.1. The predicted octanol–water partition coefficient (Wildman–Crippen LogP) is 2.03. The van der Waals surface area contributed by atoms with Crippen molar-refractivity contribution in [3.63, 3.8) is 0 Å². The fraction of sp³-hybridized carbons (Fsp3) is 0.105. The number of rotatable bonds is 5. The number of anilines is 1. The van der Waals surface area contributed by atoms with E-state index in [0.29, 0.717) is 11.5 Å². The number of pyridine rings is 1. The summed E-state index contributed by atoms with van der Waals surface area (Å²) in [6, 6.07) is 11.4. The second kappa shape index (κ2) is 7.77. The molecule has 8 heteroatoms. The Morgan fingerprint density at radius 2 is 1.78 bits per heavy atom. The molecule has 2 aromatic carbocycles. The fourth-order valence-electron chi connectivity index (χ4n) is 2.53. The summed E-state index contributed by atoms with van der Waals surface area (Å²) in [5.41, 5.74) is -0.512. The van der Waals surface area contributed by atoms with E-state index in [4.69, 9.17) is 0 Å². The lowest BCUT2D eigenvalue weighted by atomic mass is 10.2. The quantitative estimate of drug-likeness (QED) is 0.720. The van der Waals surface area contributed by atoms with Crippen LogP contribution in [-0.2, 0) is 16.1 Å². The number of carbonyl (C=O) groups is 2. The van der Waals surface area contributed by atoms with Crippen LogP contribution in [0.2, 0.25) is 0 Å². The van der Waals surface area contributed by atoms with E-state index in [9.17, 15) is 23.2 Å². The van der Waals surface area contributed by atoms with Gasteiger partial charge in [0.15, 0.2) is 0 Å². The van der Waals surface area contributed by atoms with Crippen LogP contribution in [0.1, 0.15) is 0 Å². The van der Waals surface area contributed by atoms with Crippen LogP contribution in [0.4, 0.5) is 14.5 Å². The summed E-state index contributed by atoms with van der Waals surface area (Å²) in [5, 5.41) is 5.83. The highest BCUT2D eigenvalue weighted by atomic mass is 19.1. The molecule has 0 atom stereocenters. The molecule has 27 heavy (non-hydrogen) atoms. The maximum Gasteiger partial charge on any atom is 0.258 e. The molecule has 3 rings (SSSR count). The van der Waals surface area contributed by atoms with Gasteiger partial charge in [-0.3, -0.25) is 14.4 Å². The maximum absolute atomic E-state index is 13.5. The Bertz CT molecular complexity index is 1080. The molecule has 6 nitrogen and oxygen atoms in total. The van der Waals surface area contributed by atoms with Gasteiger partial charge in [0, 0.05) is 17.6 Å². The molecule has 0 saturated carbocycles. The van der Waals surface area contributed by atoms with Crippen LogP contribution in [0, 0.1) is 11.6 Å². The number of halogens is 2. The Labute approximate surface area is 152 Å². The number of hydrogen-bond donors (Lipinski definition) is 2. The van der Waals surface area contributed by atoms with Crippen molar-refractivity contribution >= 4 is 28.3 Å². The third-order valence-electron chi connectivity index (χ3n) is 3.85. The van der Waals surface area contributed by atoms with Gasteiger partial charge in [0.25, 0.3) is 5.56 Å². The highest BCUT2D eigenvalue weighted by Gasteiger charge is 2.11. The third kappa shape index (κ3) is 4.35. The lowest BCUT2D eigenvalue weighted by Gasteiger charge is -2.09. The van der Waals surface area contributed by atoms with Crippen LogP contribution in [-0.4, -0.2) is 22.9 Å². The minimum Gasteiger partial charge on any atom is -0.345 e. The molecule has 0 unspecified atom stereocenters. The van der Waals surface area contributed by atoms with Crippen molar-refractivity contribution in [2.75, 3.05) is 11.9 Å². The highest BCUT2D eigenvalue weighted by Crippen LogP contribution is 2.14. The third-order valence-corrected chi connectivity index (χ3v) is 3.85. The van der Waals surface area contributed by atoms with Crippen molar-refractivity contribution in [1.29, 1.82) is 0 Å². The molecule has 2 N–H and O–H groups in total. The number of aromatic nitrogens is 1. The minimum absolute atomic E-state index is 0.193. The summed E-state index contributed by atoms with van der Waals surface area (Å²) in [7, 11) is 0. The van der Waals surface area contributed by atoms with E-state index < -0.39 is 30.0 Å². The largest absolute Gasteiger partial charge is 0.345 e. The average molecular weight is 371 g/mol. The second-order valence-electron chi connectivity index (χ2n) is 5.79. The monoisotopic (exact) mass is 371 g/mol. The van der Waals surface area contributed by atoms with Gasteiger partial charge in [-0.15, -0.1) is 0 Å². The van der Waals surface area contributed by atoms with Crippen molar-refractivity contribution < 1.29 is 18.4 Å². The summed E-state index contributed by atoms with van der Waals surface area (Å²) < 4.78 is 27.6. The first-order chi connectivity index (χ1) is 12.9. The zero-order valence-electron chi connectivity index (χ0n) is 14.0. The normalized spacial score (nSPS) is 10.6. The molecular weight excluding hydrogens is 356 g/mol. The van der Waals surface area contributed by atoms with E-state index in [1.54, 1.807) is 30.3 Å². The van der Waals surface area contributed by atoms with E-state index in [2.05, 4.69) is 10.6 Å². The molecule has 0 radical (unpaired) electrons. The number of fused-ring (bicyclic) bond motifs is 1. The molecule has 0 bridgehead atoms. The molecule has 2 amide bonds. The first kappa shape index (κ1) is 18.2. The molecule has 0 aliphatic rings. The first-order valence-electron chi connectivity index (χ1n) is 8.04. The first-order valence-corrected chi connectivity index (χ1v) is 8.04. The van der Waals surface area contributed by atoms with E-state index in [-0.39, 0.29) is 17.8 Å². The van der Waals surface area contributed by atoms with Crippen LogP contribution >= 0.6 is 0 Å². The number of benzene rings is 2. The number of nitrogens with one attached hydrogen (secondary N) is 2. The van der Waals surface area contributed by atoms with Crippen molar-refractivity contribution in [3.05, 3.63) is 76.7 Å². The topological polar surface area (TPSA) is 80.2 Å². The number of nitrogens with zero attached hydrogens (tertiary/aromatic N) is 1. The summed E-state index contributed by atoms with van der Waals surface area (Å²) >= 11 is 0. The zero-order chi connectivity index (χ0) is 19.4. The molecule has 0 aliphatic heterocycles. The van der Waals surface area contributed by atoms with E-state index >= 15 is 0 Å². The Morgan fingerprint density at radius 3 is 2.56 bits per heavy atom. The number of carbonyl (C=O) groups excluding carboxylic acids is 2. The van der Waals surface area contributed by atoms with Gasteiger partial charge >= 0.3 is 0 Å². The highest BCUT2D eigenvalue weighted by molar-refractivity contribution is 5.94. The van der Waals surface area contributed by atoms with Gasteiger partial charge in [0.1, 0.15) is 18.2 Å². The van der Waals surface area contributed by atoms with Crippen LogP contribution in [0.15, 0.2) is 59.5 Å². The van der Waals surface area contributed by atoms with Gasteiger partial charge in [0.2, 0.25) is 11.8 Å². The SMILES string of the molecule is O=C(Cn1ccc2ccccc2c1=O)NCC(=O)Nc1ccc(F)cc1F. The maximum atomic E-state index is 13.5. The number of amides is 2. The Hall–Kier alpha value is -3.55. The Morgan fingerprint density at radius 1 is 1.00 bits per heavy atom. The van der Waals surface area contributed by atoms with Crippen molar-refractivity contribution in [1.82, 2.24) is 9.88 Å². The van der Waals surface area contributed by atoms with Crippen molar-refractivity contribution in [3.8, 4) is 0 Å². The minimum atomic E-state index is -0.919. The van der Waals surface area contributed by atoms with E-state index in [0.717, 1.165) is 17.5 Å². The fourth-order valence-corrected chi connectivity index (χ4v) is 2.53. The molecule has 0 fully saturated rings. The molecule has 138 valence electrons. The van der Waals surface area contributed by atoms with Crippen LogP contribution in [0.25, 0.3) is 10.8 Å². The zero-order valence-corrected chi connectivity index (χ0v) is 14.0. The summed E-state index contributed by atoms with van der Waals surface area (Å²) in [6.07, 6.45) is 1.50. The average Bonchev–Trinajstić information content (AvgIpc) is 2.65. The Balaban J connectivity index is 1.59. The summed E-state index contributed by atoms with van der Waals surface area (Å²) in [6.45, 7) is -0.681. The standard InChI is InChI=1S/C19H15F2N3O3/c20-13-5-6-16(15(21)9-13)23-17(25)10-22-18(26)11-24-8-7-12-3-1-2-4-14(12)19(24)27/h1-9H,10-11H2,(H,22,26)(H,23,25). The molecular formula is C19H15F2N3O3. The Kier molecular flexibility index (Phi) is 5.25. The van der Waals surface area contributed by atoms with E-state index in [1.165, 1.54) is 10.8 Å². The molecule has 1 heterocycles. The predicted molar refractivity (Wildman–Crippen MR) is 96.2 cm³/mol. The smallest absolute Gasteiger partial charge is 0.258 e. The lowest BCUT2D eigenvalue weighted by molar-refractivity contribution is -0.124. The molecule has 1 aromatic heterocycles. The lowest BCUT2D eigenvalue weighted by Crippen LogP contribution is -2.37.